The summed E-state index contributed by atoms with van der Waals surface area (Å²) in [6.45, 7) is 2.11. The summed E-state index contributed by atoms with van der Waals surface area (Å²) in [6.07, 6.45) is 6.66. The highest BCUT2D eigenvalue weighted by atomic mass is 14.2. The average molecular weight is 143 g/mol. The predicted octanol–water partition coefficient (Wildman–Crippen LogP) is 3.02. The predicted molar refractivity (Wildman–Crippen MR) is 48.2 cm³/mol. The van der Waals surface area contributed by atoms with Crippen LogP contribution < -0.4 is 0 Å². The maximum atomic E-state index is 2.24. The van der Waals surface area contributed by atoms with E-state index in [0.717, 1.165) is 0 Å². The first kappa shape index (κ1) is 6.66. The maximum absolute atomic E-state index is 2.24. The molecule has 0 saturated heterocycles. The van der Waals surface area contributed by atoms with Crippen molar-refractivity contribution in [3.8, 4) is 0 Å². The third kappa shape index (κ3) is 0.988. The van der Waals surface area contributed by atoms with Crippen LogP contribution in [0.25, 0.3) is 6.08 Å². The second-order valence-electron chi connectivity index (χ2n) is 2.85. The maximum Gasteiger partial charge on any atom is 0.00557 e. The molecule has 1 unspecified atom stereocenters. The minimum atomic E-state index is 0.547. The Labute approximate surface area is 67.6 Å². The van der Waals surface area contributed by atoms with Crippen molar-refractivity contribution >= 4 is 6.08 Å². The van der Waals surface area contributed by atoms with E-state index < -0.39 is 0 Å². The lowest BCUT2D eigenvalue weighted by atomic mass is 9.99. The molecule has 0 spiro atoms. The Balaban J connectivity index is 2.46. The van der Waals surface area contributed by atoms with Gasteiger partial charge in [0, 0.05) is 5.92 Å². The largest absolute Gasteiger partial charge is 0.0761 e. The van der Waals surface area contributed by atoms with Gasteiger partial charge in [0.15, 0.2) is 0 Å². The van der Waals surface area contributed by atoms with Gasteiger partial charge < -0.3 is 0 Å². The quantitative estimate of drug-likeness (QED) is 0.567. The number of allylic oxidation sites excluding steroid dienone is 1. The van der Waals surface area contributed by atoms with Gasteiger partial charge in [0.1, 0.15) is 0 Å². The average Bonchev–Trinajstić information content (AvgIpc) is 2.47. The third-order valence-electron chi connectivity index (χ3n) is 2.20. The van der Waals surface area contributed by atoms with Crippen LogP contribution >= 0.6 is 0 Å². The van der Waals surface area contributed by atoms with E-state index in [4.69, 9.17) is 0 Å². The molecule has 0 aliphatic heterocycles. The van der Waals surface area contributed by atoms with Crippen LogP contribution in [0.15, 0.2) is 30.3 Å². The van der Waals surface area contributed by atoms with E-state index in [1.807, 2.05) is 0 Å². The molecular formula is C11H11. The van der Waals surface area contributed by atoms with Crippen LogP contribution in [0.5, 0.6) is 0 Å². The molecule has 0 N–H and O–H groups in total. The van der Waals surface area contributed by atoms with Crippen molar-refractivity contribution < 1.29 is 0 Å². The minimum Gasteiger partial charge on any atom is -0.0761 e. The zero-order valence-corrected chi connectivity index (χ0v) is 6.62. The molecule has 0 fully saturated rings. The van der Waals surface area contributed by atoms with Gasteiger partial charge in [0.25, 0.3) is 0 Å². The van der Waals surface area contributed by atoms with Gasteiger partial charge in [-0.3, -0.25) is 0 Å². The highest BCUT2D eigenvalue weighted by molar-refractivity contribution is 5.63. The first-order valence-electron chi connectivity index (χ1n) is 3.98. The summed E-state index contributed by atoms with van der Waals surface area (Å²) in [5, 5.41) is 0. The first-order chi connectivity index (χ1) is 5.42. The van der Waals surface area contributed by atoms with E-state index in [1.54, 1.807) is 0 Å². The van der Waals surface area contributed by atoms with Gasteiger partial charge >= 0.3 is 0 Å². The van der Waals surface area contributed by atoms with E-state index in [9.17, 15) is 0 Å². The third-order valence-corrected chi connectivity index (χ3v) is 2.20. The van der Waals surface area contributed by atoms with E-state index in [0.29, 0.717) is 5.92 Å². The summed E-state index contributed by atoms with van der Waals surface area (Å²) in [5.41, 5.74) is 2.81. The second kappa shape index (κ2) is 2.54. The van der Waals surface area contributed by atoms with Crippen LogP contribution in [0, 0.1) is 6.42 Å². The van der Waals surface area contributed by atoms with Crippen LogP contribution in [0.1, 0.15) is 24.0 Å². The van der Waals surface area contributed by atoms with Crippen molar-refractivity contribution in [2.75, 3.05) is 0 Å². The Morgan fingerprint density at radius 2 is 2.09 bits per heavy atom. The van der Waals surface area contributed by atoms with Crippen molar-refractivity contribution in [1.29, 1.82) is 0 Å². The van der Waals surface area contributed by atoms with Gasteiger partial charge in [-0.25, -0.2) is 0 Å². The summed E-state index contributed by atoms with van der Waals surface area (Å²) in [6, 6.07) is 8.54. The van der Waals surface area contributed by atoms with Gasteiger partial charge in [-0.1, -0.05) is 43.3 Å². The highest BCUT2D eigenvalue weighted by Gasteiger charge is 2.13. The Morgan fingerprint density at radius 3 is 2.91 bits per heavy atom. The number of fused-ring (bicyclic) bond motifs is 1. The molecule has 0 nitrogen and oxygen atoms in total. The summed E-state index contributed by atoms with van der Waals surface area (Å²) in [5.74, 6) is 0.547. The molecule has 0 saturated carbocycles. The van der Waals surface area contributed by atoms with Crippen LogP contribution in [-0.4, -0.2) is 0 Å². The van der Waals surface area contributed by atoms with Crippen LogP contribution in [0.2, 0.25) is 0 Å². The van der Waals surface area contributed by atoms with Crippen molar-refractivity contribution in [2.45, 2.75) is 12.8 Å². The first-order valence-corrected chi connectivity index (χ1v) is 3.98. The number of hydrogen-bond acceptors (Lipinski definition) is 0. The normalized spacial score (nSPS) is 20.3. The summed E-state index contributed by atoms with van der Waals surface area (Å²) >= 11 is 0. The Bertz CT molecular complexity index is 284. The van der Waals surface area contributed by atoms with Crippen LogP contribution in [0.4, 0.5) is 0 Å². The fourth-order valence-electron chi connectivity index (χ4n) is 1.57. The fourth-order valence-corrected chi connectivity index (χ4v) is 1.57. The second-order valence-corrected chi connectivity index (χ2v) is 2.85. The molecule has 1 aliphatic carbocycles. The highest BCUT2D eigenvalue weighted by Crippen LogP contribution is 2.30. The molecule has 1 radical (unpaired) electrons. The van der Waals surface area contributed by atoms with Crippen molar-refractivity contribution in [3.63, 3.8) is 0 Å². The lowest BCUT2D eigenvalue weighted by Crippen LogP contribution is -1.89. The van der Waals surface area contributed by atoms with Gasteiger partial charge in [0.2, 0.25) is 0 Å². The van der Waals surface area contributed by atoms with Gasteiger partial charge in [-0.15, -0.1) is 0 Å². The van der Waals surface area contributed by atoms with Crippen molar-refractivity contribution in [3.05, 3.63) is 47.9 Å². The molecule has 1 aromatic rings. The molecule has 1 aromatic carbocycles. The van der Waals surface area contributed by atoms with Crippen LogP contribution in [-0.2, 0) is 0 Å². The Morgan fingerprint density at radius 1 is 1.27 bits per heavy atom. The molecule has 0 heterocycles. The zero-order valence-electron chi connectivity index (χ0n) is 6.62. The van der Waals surface area contributed by atoms with E-state index in [-0.39, 0.29) is 0 Å². The number of benzene rings is 1. The van der Waals surface area contributed by atoms with Crippen molar-refractivity contribution in [1.82, 2.24) is 0 Å². The zero-order chi connectivity index (χ0) is 7.68. The molecule has 0 bridgehead atoms. The lowest BCUT2D eigenvalue weighted by molar-refractivity contribution is 1.01. The summed E-state index contributed by atoms with van der Waals surface area (Å²) < 4.78 is 0. The molecule has 0 heteroatoms. The smallest absolute Gasteiger partial charge is 0.00557 e. The fraction of sp³-hybridized carbons (Fsp3) is 0.182. The summed E-state index contributed by atoms with van der Waals surface area (Å²) in [4.78, 5) is 0. The van der Waals surface area contributed by atoms with E-state index >= 15 is 0 Å². The molecule has 1 atom stereocenters. The monoisotopic (exact) mass is 143 g/mol. The minimum absolute atomic E-state index is 0.547. The Kier molecular flexibility index (Phi) is 1.54. The lowest BCUT2D eigenvalue weighted by Gasteiger charge is -2.05. The van der Waals surface area contributed by atoms with E-state index in [1.165, 1.54) is 11.1 Å². The summed E-state index contributed by atoms with van der Waals surface area (Å²) in [7, 11) is 0. The van der Waals surface area contributed by atoms with Gasteiger partial charge in [0.05, 0.1) is 0 Å². The molecular weight excluding hydrogens is 132 g/mol. The SMILES string of the molecule is C[CH]C1C=Cc2ccccc21. The number of rotatable bonds is 1. The van der Waals surface area contributed by atoms with E-state index in [2.05, 4.69) is 49.8 Å². The Hall–Kier alpha value is -1.04. The standard InChI is InChI=1S/C11H11/c1-2-9-7-8-10-5-3-4-6-11(9)10/h2-9H,1H3. The van der Waals surface area contributed by atoms with Gasteiger partial charge in [-0.2, -0.15) is 0 Å². The topological polar surface area (TPSA) is 0 Å². The molecule has 55 valence electrons. The molecule has 11 heavy (non-hydrogen) atoms. The van der Waals surface area contributed by atoms with Gasteiger partial charge in [-0.05, 0) is 17.5 Å². The molecule has 2 rings (SSSR count). The molecule has 0 aromatic heterocycles. The van der Waals surface area contributed by atoms with Crippen molar-refractivity contribution in [2.24, 2.45) is 0 Å². The number of hydrogen-bond donors (Lipinski definition) is 0. The molecule has 0 amide bonds. The molecule has 1 aliphatic rings. The van der Waals surface area contributed by atoms with Crippen LogP contribution in [0.3, 0.4) is 0 Å².